The first-order valence-electron chi connectivity index (χ1n) is 22.2. The van der Waals surface area contributed by atoms with Gasteiger partial charge in [0.05, 0.1) is 0 Å². The van der Waals surface area contributed by atoms with Gasteiger partial charge in [-0.15, -0.1) is 11.3 Å². The maximum atomic E-state index is 6.48. The van der Waals surface area contributed by atoms with Gasteiger partial charge in [-0.05, 0) is 92.2 Å². The predicted molar refractivity (Wildman–Crippen MR) is 276 cm³/mol. The van der Waals surface area contributed by atoms with Crippen molar-refractivity contribution in [2.24, 2.45) is 0 Å². The summed E-state index contributed by atoms with van der Waals surface area (Å²) in [4.78, 5) is 15.9. The molecule has 66 heavy (non-hydrogen) atoms. The lowest BCUT2D eigenvalue weighted by Gasteiger charge is -2.12. The highest BCUT2D eigenvalue weighted by atomic mass is 32.1. The number of furan rings is 1. The van der Waals surface area contributed by atoms with Crippen molar-refractivity contribution in [2.75, 3.05) is 0 Å². The fraction of sp³-hybridized carbons (Fsp3) is 0. The Morgan fingerprint density at radius 3 is 1.61 bits per heavy atom. The molecule has 0 saturated heterocycles. The molecule has 0 unspecified atom stereocenters. The van der Waals surface area contributed by atoms with Crippen LogP contribution in [0.3, 0.4) is 0 Å². The van der Waals surface area contributed by atoms with Crippen LogP contribution in [0.5, 0.6) is 0 Å². The number of hydrogen-bond donors (Lipinski definition) is 0. The Morgan fingerprint density at radius 1 is 0.318 bits per heavy atom. The van der Waals surface area contributed by atoms with Crippen molar-refractivity contribution < 1.29 is 4.42 Å². The maximum Gasteiger partial charge on any atom is 0.164 e. The number of aromatic nitrogens is 3. The largest absolute Gasteiger partial charge is 0.455 e. The number of fused-ring (bicyclic) bond motifs is 8. The predicted octanol–water partition coefficient (Wildman–Crippen LogP) is 17.0. The van der Waals surface area contributed by atoms with Crippen LogP contribution in [0.2, 0.25) is 0 Å². The van der Waals surface area contributed by atoms with E-state index in [1.165, 1.54) is 53.6 Å². The SMILES string of the molecule is c1ccc(-c2cc(-c3ccccc3)cc(-c3ccc4c(c3)sc3c5ccccc5cc(-c5nc(-c6ccccc6)nc(-c6cccc(-c7cccc8c7oc7ccccc78)c6)n5)c43)c2)cc1. The van der Waals surface area contributed by atoms with Crippen LogP contribution < -0.4 is 0 Å². The van der Waals surface area contributed by atoms with E-state index < -0.39 is 0 Å². The summed E-state index contributed by atoms with van der Waals surface area (Å²) in [6.07, 6.45) is 0. The van der Waals surface area contributed by atoms with Crippen LogP contribution in [0.1, 0.15) is 0 Å². The van der Waals surface area contributed by atoms with Gasteiger partial charge in [0.2, 0.25) is 0 Å². The van der Waals surface area contributed by atoms with E-state index in [2.05, 4.69) is 194 Å². The summed E-state index contributed by atoms with van der Waals surface area (Å²) in [6, 6.07) is 79.3. The van der Waals surface area contributed by atoms with Crippen molar-refractivity contribution in [1.29, 1.82) is 0 Å². The van der Waals surface area contributed by atoms with Gasteiger partial charge in [-0.1, -0.05) is 182 Å². The zero-order valence-corrected chi connectivity index (χ0v) is 36.3. The Balaban J connectivity index is 0.998. The molecule has 0 aliphatic rings. The molecule has 0 saturated carbocycles. The first-order valence-corrected chi connectivity index (χ1v) is 23.0. The van der Waals surface area contributed by atoms with Crippen LogP contribution in [0.4, 0.5) is 0 Å². The molecular formula is C61H37N3OS. The zero-order chi connectivity index (χ0) is 43.6. The molecule has 5 heteroatoms. The molecule has 0 bridgehead atoms. The van der Waals surface area contributed by atoms with Crippen LogP contribution in [0, 0.1) is 0 Å². The van der Waals surface area contributed by atoms with Gasteiger partial charge in [0.25, 0.3) is 0 Å². The molecule has 0 radical (unpaired) electrons. The highest BCUT2D eigenvalue weighted by molar-refractivity contribution is 7.26. The summed E-state index contributed by atoms with van der Waals surface area (Å²) in [6.45, 7) is 0. The molecule has 308 valence electrons. The van der Waals surface area contributed by atoms with Crippen LogP contribution in [0.15, 0.2) is 229 Å². The van der Waals surface area contributed by atoms with E-state index in [1.807, 2.05) is 41.7 Å². The topological polar surface area (TPSA) is 51.8 Å². The van der Waals surface area contributed by atoms with Crippen LogP contribution in [-0.2, 0) is 0 Å². The first-order chi connectivity index (χ1) is 32.7. The second kappa shape index (κ2) is 15.6. The first kappa shape index (κ1) is 38.0. The highest BCUT2D eigenvalue weighted by Crippen LogP contribution is 2.46. The Hall–Kier alpha value is -8.51. The smallest absolute Gasteiger partial charge is 0.164 e. The van der Waals surface area contributed by atoms with Gasteiger partial charge >= 0.3 is 0 Å². The van der Waals surface area contributed by atoms with Crippen molar-refractivity contribution in [3.05, 3.63) is 224 Å². The van der Waals surface area contributed by atoms with E-state index in [-0.39, 0.29) is 0 Å². The molecule has 13 rings (SSSR count). The third kappa shape index (κ3) is 6.56. The van der Waals surface area contributed by atoms with E-state index in [1.54, 1.807) is 0 Å². The van der Waals surface area contributed by atoms with Gasteiger partial charge in [0.15, 0.2) is 17.5 Å². The molecule has 0 spiro atoms. The molecule has 0 aliphatic heterocycles. The Bertz CT molecular complexity index is 3930. The molecule has 0 N–H and O–H groups in total. The van der Waals surface area contributed by atoms with Gasteiger partial charge in [0.1, 0.15) is 11.2 Å². The van der Waals surface area contributed by atoms with Crippen LogP contribution >= 0.6 is 11.3 Å². The Labute approximate surface area is 384 Å². The van der Waals surface area contributed by atoms with Gasteiger partial charge in [-0.3, -0.25) is 0 Å². The summed E-state index contributed by atoms with van der Waals surface area (Å²) >= 11 is 1.83. The number of nitrogens with zero attached hydrogens (tertiary/aromatic N) is 3. The van der Waals surface area contributed by atoms with E-state index in [4.69, 9.17) is 19.4 Å². The monoisotopic (exact) mass is 859 g/mol. The summed E-state index contributed by atoms with van der Waals surface area (Å²) < 4.78 is 8.90. The maximum absolute atomic E-state index is 6.48. The Morgan fingerprint density at radius 2 is 0.864 bits per heavy atom. The summed E-state index contributed by atoms with van der Waals surface area (Å²) in [7, 11) is 0. The van der Waals surface area contributed by atoms with E-state index in [0.29, 0.717) is 17.5 Å². The minimum Gasteiger partial charge on any atom is -0.455 e. The minimum absolute atomic E-state index is 0.605. The van der Waals surface area contributed by atoms with Crippen molar-refractivity contribution in [1.82, 2.24) is 15.0 Å². The van der Waals surface area contributed by atoms with E-state index in [0.717, 1.165) is 60.5 Å². The number of para-hydroxylation sites is 2. The third-order valence-electron chi connectivity index (χ3n) is 12.7. The molecule has 3 aromatic heterocycles. The normalized spacial score (nSPS) is 11.6. The number of thiophene rings is 1. The molecule has 0 atom stereocenters. The molecule has 0 amide bonds. The van der Waals surface area contributed by atoms with Crippen molar-refractivity contribution in [3.63, 3.8) is 0 Å². The fourth-order valence-corrected chi connectivity index (χ4v) is 10.8. The molecule has 0 aliphatic carbocycles. The van der Waals surface area contributed by atoms with Crippen LogP contribution in [-0.4, -0.2) is 15.0 Å². The molecule has 10 aromatic carbocycles. The summed E-state index contributed by atoms with van der Waals surface area (Å²) in [5, 5.41) is 6.86. The average Bonchev–Trinajstić information content (AvgIpc) is 3.98. The standard InChI is InChI=1S/C61H37N3OS/c1-4-16-38(17-5-1)45-33-46(39-18-6-2-7-19-39)35-47(34-45)41-30-31-52-55(37-41)66-58-49-25-11-10-22-43(49)36-53(56(52)58)61-63-59(40-20-8-3-9-21-40)62-60(64-61)44-24-14-23-42(32-44)48-27-15-28-51-50-26-12-13-29-54(50)65-57(48)51/h1-37H. The molecule has 4 nitrogen and oxygen atoms in total. The van der Waals surface area contributed by atoms with Gasteiger partial charge in [-0.2, -0.15) is 0 Å². The molecular weight excluding hydrogens is 823 g/mol. The van der Waals surface area contributed by atoms with Gasteiger partial charge < -0.3 is 4.42 Å². The van der Waals surface area contributed by atoms with Crippen molar-refractivity contribution in [2.45, 2.75) is 0 Å². The highest BCUT2D eigenvalue weighted by Gasteiger charge is 2.21. The molecule has 3 heterocycles. The summed E-state index contributed by atoms with van der Waals surface area (Å²) in [5.74, 6) is 1.86. The van der Waals surface area contributed by atoms with Crippen LogP contribution in [0.25, 0.3) is 132 Å². The summed E-state index contributed by atoms with van der Waals surface area (Å²) in [5.41, 5.74) is 13.7. The molecule has 13 aromatic rings. The van der Waals surface area contributed by atoms with E-state index in [9.17, 15) is 0 Å². The lowest BCUT2D eigenvalue weighted by atomic mass is 9.93. The third-order valence-corrected chi connectivity index (χ3v) is 13.9. The average molecular weight is 860 g/mol. The second-order valence-corrected chi connectivity index (χ2v) is 17.8. The van der Waals surface area contributed by atoms with Gasteiger partial charge in [0, 0.05) is 53.2 Å². The Kier molecular flexibility index (Phi) is 9.00. The zero-order valence-electron chi connectivity index (χ0n) is 35.5. The second-order valence-electron chi connectivity index (χ2n) is 16.7. The lowest BCUT2D eigenvalue weighted by molar-refractivity contribution is 0.670. The fourth-order valence-electron chi connectivity index (χ4n) is 9.50. The number of rotatable bonds is 7. The van der Waals surface area contributed by atoms with E-state index >= 15 is 0 Å². The van der Waals surface area contributed by atoms with Crippen molar-refractivity contribution >= 4 is 64.2 Å². The van der Waals surface area contributed by atoms with Crippen molar-refractivity contribution in [3.8, 4) is 78.7 Å². The van der Waals surface area contributed by atoms with Gasteiger partial charge in [-0.25, -0.2) is 15.0 Å². The molecule has 0 fully saturated rings. The number of hydrogen-bond acceptors (Lipinski definition) is 5. The lowest BCUT2D eigenvalue weighted by Crippen LogP contribution is -2.00. The number of benzene rings is 10. The minimum atomic E-state index is 0.605. The quantitative estimate of drug-likeness (QED) is 0.160.